The molecule has 2 fully saturated rings. The van der Waals surface area contributed by atoms with E-state index in [1.165, 1.54) is 12.0 Å². The Bertz CT molecular complexity index is 810. The molecule has 29 heavy (non-hydrogen) atoms. The molecule has 2 atom stereocenters. The van der Waals surface area contributed by atoms with Gasteiger partial charge in [0.05, 0.1) is 13.2 Å². The number of ether oxygens (including phenoxy) is 1. The molecule has 2 unspecified atom stereocenters. The van der Waals surface area contributed by atoms with E-state index in [4.69, 9.17) is 4.74 Å². The quantitative estimate of drug-likeness (QED) is 0.781. The number of amides is 1. The van der Waals surface area contributed by atoms with Crippen LogP contribution in [0.5, 0.6) is 0 Å². The lowest BCUT2D eigenvalue weighted by Crippen LogP contribution is -2.64. The lowest BCUT2D eigenvalue weighted by Gasteiger charge is -2.50. The summed E-state index contributed by atoms with van der Waals surface area (Å²) >= 11 is 1.57. The standard InChI is InChI=1S/C21H29N5O2S/c1-16-24-25-19(29-16)7-8-20(27)26-11-12-28-21(15-26)9-3-2-6-18(21)23-14-17-5-4-10-22-13-17/h4-5,10,13,18,23H,2-3,6-9,11-12,14-15H2,1H3. The van der Waals surface area contributed by atoms with Crippen molar-refractivity contribution in [2.24, 2.45) is 0 Å². The van der Waals surface area contributed by atoms with E-state index in [9.17, 15) is 4.79 Å². The first-order valence-corrected chi connectivity index (χ1v) is 11.3. The van der Waals surface area contributed by atoms with Crippen LogP contribution >= 0.6 is 11.3 Å². The summed E-state index contributed by atoms with van der Waals surface area (Å²) in [6.07, 6.45) is 9.26. The minimum atomic E-state index is -0.284. The smallest absolute Gasteiger partial charge is 0.223 e. The number of aromatic nitrogens is 3. The van der Waals surface area contributed by atoms with Gasteiger partial charge in [-0.25, -0.2) is 0 Å². The number of nitrogens with one attached hydrogen (secondary N) is 1. The second kappa shape index (κ2) is 9.28. The van der Waals surface area contributed by atoms with Crippen molar-refractivity contribution >= 4 is 17.2 Å². The van der Waals surface area contributed by atoms with Gasteiger partial charge in [-0.3, -0.25) is 9.78 Å². The Kier molecular flexibility index (Phi) is 6.52. The maximum absolute atomic E-state index is 12.9. The van der Waals surface area contributed by atoms with Gasteiger partial charge in [0.25, 0.3) is 0 Å². The maximum Gasteiger partial charge on any atom is 0.223 e. The van der Waals surface area contributed by atoms with E-state index in [1.54, 1.807) is 17.5 Å². The molecule has 156 valence electrons. The van der Waals surface area contributed by atoms with E-state index in [2.05, 4.69) is 26.6 Å². The largest absolute Gasteiger partial charge is 0.370 e. The molecule has 1 amide bonds. The average molecular weight is 416 g/mol. The molecule has 0 aromatic carbocycles. The van der Waals surface area contributed by atoms with E-state index in [0.29, 0.717) is 32.5 Å². The summed E-state index contributed by atoms with van der Waals surface area (Å²) in [5.41, 5.74) is 0.887. The molecule has 2 aliphatic rings. The van der Waals surface area contributed by atoms with Gasteiger partial charge in [-0.15, -0.1) is 21.5 Å². The molecule has 3 heterocycles. The average Bonchev–Trinajstić information content (AvgIpc) is 3.17. The normalized spacial score (nSPS) is 24.7. The van der Waals surface area contributed by atoms with E-state index in [1.807, 2.05) is 24.1 Å². The van der Waals surface area contributed by atoms with Crippen LogP contribution in [0.3, 0.4) is 0 Å². The van der Waals surface area contributed by atoms with Crippen LogP contribution in [0.1, 0.15) is 47.7 Å². The van der Waals surface area contributed by atoms with Crippen molar-refractivity contribution in [1.29, 1.82) is 0 Å². The lowest BCUT2D eigenvalue weighted by atomic mass is 9.78. The highest BCUT2D eigenvalue weighted by atomic mass is 32.1. The minimum Gasteiger partial charge on any atom is -0.370 e. The van der Waals surface area contributed by atoms with Gasteiger partial charge in [0.2, 0.25) is 5.91 Å². The topological polar surface area (TPSA) is 80.2 Å². The third kappa shape index (κ3) is 4.99. The Labute approximate surface area is 175 Å². The van der Waals surface area contributed by atoms with E-state index < -0.39 is 0 Å². The molecule has 1 saturated carbocycles. The number of aryl methyl sites for hydroxylation is 2. The van der Waals surface area contributed by atoms with Crippen LogP contribution in [0.4, 0.5) is 0 Å². The fourth-order valence-corrected chi connectivity index (χ4v) is 5.14. The Balaban J connectivity index is 1.37. The lowest BCUT2D eigenvalue weighted by molar-refractivity contribution is -0.163. The molecule has 1 saturated heterocycles. The second-order valence-electron chi connectivity index (χ2n) is 7.98. The third-order valence-electron chi connectivity index (χ3n) is 5.94. The van der Waals surface area contributed by atoms with Gasteiger partial charge in [0.15, 0.2) is 0 Å². The van der Waals surface area contributed by atoms with Crippen molar-refractivity contribution in [2.75, 3.05) is 19.7 Å². The van der Waals surface area contributed by atoms with Crippen LogP contribution in [0.25, 0.3) is 0 Å². The SMILES string of the molecule is Cc1nnc(CCC(=O)N2CCOC3(CCCCC3NCc3cccnc3)C2)s1. The monoisotopic (exact) mass is 415 g/mol. The van der Waals surface area contributed by atoms with E-state index in [0.717, 1.165) is 35.8 Å². The van der Waals surface area contributed by atoms with Crippen molar-refractivity contribution in [3.63, 3.8) is 0 Å². The fourth-order valence-electron chi connectivity index (χ4n) is 4.43. The number of hydrogen-bond acceptors (Lipinski definition) is 7. The van der Waals surface area contributed by atoms with Crippen molar-refractivity contribution in [1.82, 2.24) is 25.4 Å². The zero-order valence-corrected chi connectivity index (χ0v) is 17.8. The Morgan fingerprint density at radius 1 is 1.41 bits per heavy atom. The predicted molar refractivity (Wildman–Crippen MR) is 112 cm³/mol. The Hall–Kier alpha value is -1.90. The van der Waals surface area contributed by atoms with E-state index in [-0.39, 0.29) is 17.6 Å². The molecule has 0 radical (unpaired) electrons. The maximum atomic E-state index is 12.9. The predicted octanol–water partition coefficient (Wildman–Crippen LogP) is 2.50. The first-order valence-electron chi connectivity index (χ1n) is 10.5. The van der Waals surface area contributed by atoms with Crippen LogP contribution in [-0.4, -0.2) is 57.3 Å². The van der Waals surface area contributed by atoms with Crippen molar-refractivity contribution in [3.05, 3.63) is 40.1 Å². The zero-order valence-electron chi connectivity index (χ0n) is 17.0. The molecule has 2 aromatic rings. The highest BCUT2D eigenvalue weighted by molar-refractivity contribution is 7.11. The van der Waals surface area contributed by atoms with Gasteiger partial charge in [-0.1, -0.05) is 18.9 Å². The third-order valence-corrected chi connectivity index (χ3v) is 6.83. The minimum absolute atomic E-state index is 0.192. The highest BCUT2D eigenvalue weighted by Crippen LogP contribution is 2.35. The molecule has 1 N–H and O–H groups in total. The van der Waals surface area contributed by atoms with Gasteiger partial charge in [0.1, 0.15) is 15.6 Å². The molecule has 1 aliphatic carbocycles. The first kappa shape index (κ1) is 20.4. The van der Waals surface area contributed by atoms with Crippen LogP contribution in [0.2, 0.25) is 0 Å². The molecule has 8 heteroatoms. The molecule has 2 aromatic heterocycles. The van der Waals surface area contributed by atoms with Gasteiger partial charge < -0.3 is 15.0 Å². The number of hydrogen-bond donors (Lipinski definition) is 1. The number of rotatable bonds is 6. The summed E-state index contributed by atoms with van der Waals surface area (Å²) in [7, 11) is 0. The second-order valence-corrected chi connectivity index (χ2v) is 9.25. The Morgan fingerprint density at radius 3 is 3.14 bits per heavy atom. The highest BCUT2D eigenvalue weighted by Gasteiger charge is 2.45. The first-order chi connectivity index (χ1) is 14.1. The Morgan fingerprint density at radius 2 is 2.34 bits per heavy atom. The van der Waals surface area contributed by atoms with E-state index >= 15 is 0 Å². The number of nitrogens with zero attached hydrogens (tertiary/aromatic N) is 4. The van der Waals surface area contributed by atoms with Gasteiger partial charge in [-0.05, 0) is 31.4 Å². The molecular formula is C21H29N5O2S. The van der Waals surface area contributed by atoms with Gasteiger partial charge in [0, 0.05) is 44.4 Å². The van der Waals surface area contributed by atoms with Gasteiger partial charge >= 0.3 is 0 Å². The van der Waals surface area contributed by atoms with Crippen LogP contribution in [-0.2, 0) is 22.5 Å². The molecular weight excluding hydrogens is 386 g/mol. The molecule has 7 nitrogen and oxygen atoms in total. The summed E-state index contributed by atoms with van der Waals surface area (Å²) < 4.78 is 6.36. The number of pyridine rings is 1. The summed E-state index contributed by atoms with van der Waals surface area (Å²) in [4.78, 5) is 19.1. The van der Waals surface area contributed by atoms with Gasteiger partial charge in [-0.2, -0.15) is 0 Å². The molecule has 0 bridgehead atoms. The fraction of sp³-hybridized carbons (Fsp3) is 0.619. The molecule has 1 aliphatic heterocycles. The summed E-state index contributed by atoms with van der Waals surface area (Å²) in [5.74, 6) is 0.192. The van der Waals surface area contributed by atoms with Crippen LogP contribution in [0, 0.1) is 6.92 Å². The molecule has 4 rings (SSSR count). The van der Waals surface area contributed by atoms with Crippen LogP contribution in [0.15, 0.2) is 24.5 Å². The van der Waals surface area contributed by atoms with Crippen molar-refractivity contribution in [3.8, 4) is 0 Å². The zero-order chi connectivity index (χ0) is 20.1. The number of carbonyl (C=O) groups is 1. The molecule has 1 spiro atoms. The number of carbonyl (C=O) groups excluding carboxylic acids is 1. The number of morpholine rings is 1. The van der Waals surface area contributed by atoms with Crippen LogP contribution < -0.4 is 5.32 Å². The summed E-state index contributed by atoms with van der Waals surface area (Å²) in [6.45, 7) is 4.66. The van der Waals surface area contributed by atoms with Crippen molar-refractivity contribution in [2.45, 2.75) is 63.6 Å². The summed E-state index contributed by atoms with van der Waals surface area (Å²) in [5, 5.41) is 13.8. The van der Waals surface area contributed by atoms with Crippen molar-refractivity contribution < 1.29 is 9.53 Å². The summed E-state index contributed by atoms with van der Waals surface area (Å²) in [6, 6.07) is 4.30.